The van der Waals surface area contributed by atoms with Crippen LogP contribution < -0.4 is 10.9 Å². The molecule has 6 nitrogen and oxygen atoms in total. The summed E-state index contributed by atoms with van der Waals surface area (Å²) in [5, 5.41) is 2.76. The quantitative estimate of drug-likeness (QED) is 0.785. The van der Waals surface area contributed by atoms with Crippen LogP contribution in [0.5, 0.6) is 0 Å². The van der Waals surface area contributed by atoms with Crippen LogP contribution in [0.15, 0.2) is 35.8 Å². The molecule has 2 atom stereocenters. The zero-order valence-corrected chi connectivity index (χ0v) is 14.8. The number of ether oxygens (including phenoxy) is 1. The average Bonchev–Trinajstić information content (AvgIpc) is 3.30. The molecule has 1 saturated heterocycles. The monoisotopic (exact) mass is 364 g/mol. The molecule has 2 N–H and O–H groups in total. The van der Waals surface area contributed by atoms with E-state index in [9.17, 15) is 9.18 Å². The lowest BCUT2D eigenvalue weighted by atomic mass is 10.0. The lowest BCUT2D eigenvalue weighted by Gasteiger charge is -2.24. The molecule has 1 amide bonds. The third-order valence-electron chi connectivity index (χ3n) is 4.17. The van der Waals surface area contributed by atoms with Crippen molar-refractivity contribution in [2.45, 2.75) is 25.0 Å². The molecular weight excluding hydrogens is 343 g/mol. The minimum Gasteiger partial charge on any atom is -0.383 e. The molecule has 134 valence electrons. The zero-order chi connectivity index (χ0) is 17.6. The molecule has 0 aliphatic carbocycles. The number of rotatable bonds is 7. The Morgan fingerprint density at radius 3 is 3.00 bits per heavy atom. The van der Waals surface area contributed by atoms with Gasteiger partial charge in [-0.05, 0) is 12.5 Å². The second-order valence-corrected chi connectivity index (χ2v) is 6.81. The van der Waals surface area contributed by atoms with E-state index in [0.717, 1.165) is 5.01 Å². The molecule has 0 saturated carbocycles. The van der Waals surface area contributed by atoms with Gasteiger partial charge in [0, 0.05) is 30.8 Å². The summed E-state index contributed by atoms with van der Waals surface area (Å²) in [6.45, 7) is 1.38. The van der Waals surface area contributed by atoms with Crippen molar-refractivity contribution in [3.63, 3.8) is 0 Å². The fourth-order valence-corrected chi connectivity index (χ4v) is 3.49. The van der Waals surface area contributed by atoms with Crippen molar-refractivity contribution >= 4 is 17.2 Å². The number of hydrogen-bond acceptors (Lipinski definition) is 6. The minimum absolute atomic E-state index is 0.0430. The number of thiazole rings is 1. The average molecular weight is 364 g/mol. The number of aromatic nitrogens is 1. The van der Waals surface area contributed by atoms with E-state index in [2.05, 4.69) is 15.8 Å². The van der Waals surface area contributed by atoms with Gasteiger partial charge in [0.25, 0.3) is 0 Å². The predicted octanol–water partition coefficient (Wildman–Crippen LogP) is 1.86. The van der Waals surface area contributed by atoms with Gasteiger partial charge in [0.15, 0.2) is 0 Å². The Morgan fingerprint density at radius 2 is 2.28 bits per heavy atom. The van der Waals surface area contributed by atoms with Gasteiger partial charge >= 0.3 is 0 Å². The summed E-state index contributed by atoms with van der Waals surface area (Å²) in [6.07, 6.45) is 2.21. The summed E-state index contributed by atoms with van der Waals surface area (Å²) in [5.41, 5.74) is 6.60. The third-order valence-corrected chi connectivity index (χ3v) is 4.93. The van der Waals surface area contributed by atoms with E-state index in [1.54, 1.807) is 36.4 Å². The Bertz CT molecular complexity index is 698. The highest BCUT2D eigenvalue weighted by atomic mass is 32.1. The first-order valence-electron chi connectivity index (χ1n) is 8.10. The number of halogens is 1. The molecule has 2 aromatic rings. The highest BCUT2D eigenvalue weighted by Crippen LogP contribution is 2.25. The van der Waals surface area contributed by atoms with Gasteiger partial charge in [0.2, 0.25) is 5.91 Å². The topological polar surface area (TPSA) is 66.5 Å². The maximum Gasteiger partial charge on any atom is 0.241 e. The van der Waals surface area contributed by atoms with Crippen molar-refractivity contribution in [1.29, 1.82) is 0 Å². The number of carbonyl (C=O) groups excluding carboxylic acids is 1. The van der Waals surface area contributed by atoms with Crippen LogP contribution in [0.4, 0.5) is 4.39 Å². The van der Waals surface area contributed by atoms with Crippen LogP contribution >= 0.6 is 11.3 Å². The Balaban J connectivity index is 1.66. The van der Waals surface area contributed by atoms with Crippen LogP contribution in [0.2, 0.25) is 0 Å². The van der Waals surface area contributed by atoms with Gasteiger partial charge < -0.3 is 9.64 Å². The summed E-state index contributed by atoms with van der Waals surface area (Å²) < 4.78 is 19.1. The van der Waals surface area contributed by atoms with Crippen molar-refractivity contribution < 1.29 is 13.9 Å². The molecule has 1 fully saturated rings. The lowest BCUT2D eigenvalue weighted by molar-refractivity contribution is -0.134. The van der Waals surface area contributed by atoms with E-state index in [1.165, 1.54) is 17.4 Å². The number of carbonyl (C=O) groups is 1. The lowest BCUT2D eigenvalue weighted by Crippen LogP contribution is -2.46. The number of benzene rings is 1. The summed E-state index contributed by atoms with van der Waals surface area (Å²) >= 11 is 1.51. The Morgan fingerprint density at radius 1 is 1.44 bits per heavy atom. The number of hydrogen-bond donors (Lipinski definition) is 2. The minimum atomic E-state index is -0.415. The maximum absolute atomic E-state index is 14.0. The van der Waals surface area contributed by atoms with Crippen molar-refractivity contribution in [2.75, 3.05) is 20.3 Å². The van der Waals surface area contributed by atoms with Crippen molar-refractivity contribution in [2.24, 2.45) is 0 Å². The van der Waals surface area contributed by atoms with E-state index in [0.29, 0.717) is 31.7 Å². The van der Waals surface area contributed by atoms with E-state index < -0.39 is 6.04 Å². The highest BCUT2D eigenvalue weighted by Gasteiger charge is 2.34. The summed E-state index contributed by atoms with van der Waals surface area (Å²) in [7, 11) is 1.61. The standard InChI is InChI=1S/C17H21FN4O2S/c1-24-8-7-22(11-16-19-6-9-25-16)17(23)15-10-14(20-21-15)12-4-2-3-5-13(12)18/h2-6,9,14-15,20-21H,7-8,10-11H2,1H3. The fraction of sp³-hybridized carbons (Fsp3) is 0.412. The Hall–Kier alpha value is -1.87. The Labute approximate surface area is 150 Å². The molecule has 0 spiro atoms. The van der Waals surface area contributed by atoms with E-state index in [-0.39, 0.29) is 17.8 Å². The zero-order valence-electron chi connectivity index (χ0n) is 13.9. The molecular formula is C17H21FN4O2S. The summed E-state index contributed by atoms with van der Waals surface area (Å²) in [4.78, 5) is 18.9. The molecule has 8 heteroatoms. The molecule has 1 aliphatic heterocycles. The Kier molecular flexibility index (Phi) is 6.09. The number of hydrazine groups is 1. The molecule has 3 rings (SSSR count). The van der Waals surface area contributed by atoms with Gasteiger partial charge in [-0.25, -0.2) is 20.2 Å². The van der Waals surface area contributed by atoms with Gasteiger partial charge in [-0.3, -0.25) is 4.79 Å². The molecule has 0 radical (unpaired) electrons. The third kappa shape index (κ3) is 4.40. The van der Waals surface area contributed by atoms with E-state index >= 15 is 0 Å². The van der Waals surface area contributed by atoms with Gasteiger partial charge in [0.05, 0.1) is 19.2 Å². The molecule has 0 bridgehead atoms. The van der Waals surface area contributed by atoms with Crippen LogP contribution in [0, 0.1) is 5.82 Å². The molecule has 2 unspecified atom stereocenters. The smallest absolute Gasteiger partial charge is 0.241 e. The van der Waals surface area contributed by atoms with Gasteiger partial charge in [-0.15, -0.1) is 11.3 Å². The van der Waals surface area contributed by atoms with Crippen LogP contribution in [0.3, 0.4) is 0 Å². The predicted molar refractivity (Wildman–Crippen MR) is 93.2 cm³/mol. The fourth-order valence-electron chi connectivity index (χ4n) is 2.86. The second-order valence-electron chi connectivity index (χ2n) is 5.83. The normalized spacial score (nSPS) is 19.9. The largest absolute Gasteiger partial charge is 0.383 e. The van der Waals surface area contributed by atoms with Crippen molar-refractivity contribution in [3.05, 3.63) is 52.2 Å². The highest BCUT2D eigenvalue weighted by molar-refractivity contribution is 7.09. The van der Waals surface area contributed by atoms with Crippen molar-refractivity contribution in [1.82, 2.24) is 20.7 Å². The number of methoxy groups -OCH3 is 1. The molecule has 25 heavy (non-hydrogen) atoms. The van der Waals surface area contributed by atoms with Crippen molar-refractivity contribution in [3.8, 4) is 0 Å². The van der Waals surface area contributed by atoms with E-state index in [4.69, 9.17) is 4.74 Å². The van der Waals surface area contributed by atoms with Gasteiger partial charge in [-0.2, -0.15) is 0 Å². The summed E-state index contributed by atoms with van der Waals surface area (Å²) in [5.74, 6) is -0.312. The van der Waals surface area contributed by atoms with Crippen LogP contribution in [-0.2, 0) is 16.1 Å². The first kappa shape index (κ1) is 17.9. The first-order chi connectivity index (χ1) is 12.2. The molecule has 2 heterocycles. The summed E-state index contributed by atoms with van der Waals surface area (Å²) in [6, 6.07) is 5.97. The molecule has 1 aliphatic rings. The van der Waals surface area contributed by atoms with Gasteiger partial charge in [-0.1, -0.05) is 18.2 Å². The van der Waals surface area contributed by atoms with Crippen LogP contribution in [0.1, 0.15) is 23.0 Å². The van der Waals surface area contributed by atoms with Crippen LogP contribution in [-0.4, -0.2) is 42.1 Å². The first-order valence-corrected chi connectivity index (χ1v) is 8.98. The maximum atomic E-state index is 14.0. The number of nitrogens with zero attached hydrogens (tertiary/aromatic N) is 2. The SMILES string of the molecule is COCCN(Cc1nccs1)C(=O)C1CC(c2ccccc2F)NN1. The number of nitrogens with one attached hydrogen (secondary N) is 2. The van der Waals surface area contributed by atoms with E-state index in [1.807, 2.05) is 5.38 Å². The molecule has 1 aromatic heterocycles. The molecule has 1 aromatic carbocycles. The number of amides is 1. The van der Waals surface area contributed by atoms with Crippen LogP contribution in [0.25, 0.3) is 0 Å². The second kappa shape index (κ2) is 8.48. The van der Waals surface area contributed by atoms with Gasteiger partial charge in [0.1, 0.15) is 16.9 Å².